The molecule has 78 heavy (non-hydrogen) atoms. The van der Waals surface area contributed by atoms with Gasteiger partial charge in [-0.3, -0.25) is 0 Å². The van der Waals surface area contributed by atoms with Crippen molar-refractivity contribution in [2.75, 3.05) is 4.90 Å². The number of aromatic nitrogens is 3. The molecule has 0 saturated heterocycles. The third-order valence-corrected chi connectivity index (χ3v) is 16.6. The summed E-state index contributed by atoms with van der Waals surface area (Å²) in [7, 11) is 0. The zero-order chi connectivity index (χ0) is 53.3. The highest BCUT2D eigenvalue weighted by molar-refractivity contribution is 6.98. The van der Waals surface area contributed by atoms with Crippen molar-refractivity contribution in [1.82, 2.24) is 13.7 Å². The van der Waals surface area contributed by atoms with Crippen LogP contribution in [0.15, 0.2) is 212 Å². The highest BCUT2D eigenvalue weighted by Gasteiger charge is 2.39. The molecular weight excluding hydrogens is 965 g/mol. The second-order valence-corrected chi connectivity index (χ2v) is 22.1. The van der Waals surface area contributed by atoms with Gasteiger partial charge in [0.2, 0.25) is 6.71 Å². The van der Waals surface area contributed by atoms with Crippen molar-refractivity contribution < 1.29 is 13.2 Å². The van der Waals surface area contributed by atoms with Crippen molar-refractivity contribution in [2.24, 2.45) is 0 Å². The lowest BCUT2D eigenvalue weighted by Crippen LogP contribution is -2.59. The number of alkyl halides is 3. The van der Waals surface area contributed by atoms with Crippen LogP contribution in [0.2, 0.25) is 0 Å². The summed E-state index contributed by atoms with van der Waals surface area (Å²) in [5, 5.41) is 6.30. The van der Waals surface area contributed by atoms with Crippen LogP contribution in [0.4, 0.5) is 30.2 Å². The molecule has 8 heteroatoms. The van der Waals surface area contributed by atoms with Gasteiger partial charge in [0.05, 0.1) is 38.7 Å². The van der Waals surface area contributed by atoms with Gasteiger partial charge in [-0.05, 0) is 130 Å². The van der Waals surface area contributed by atoms with Gasteiger partial charge < -0.3 is 18.6 Å². The zero-order valence-electron chi connectivity index (χ0n) is 44.4. The molecule has 380 valence electrons. The molecule has 0 saturated carbocycles. The van der Waals surface area contributed by atoms with Gasteiger partial charge >= 0.3 is 6.18 Å². The molecule has 0 radical (unpaired) electrons. The van der Waals surface area contributed by atoms with Crippen LogP contribution in [0.5, 0.6) is 0 Å². The maximum Gasteiger partial charge on any atom is 0.416 e. The van der Waals surface area contributed by atoms with Crippen molar-refractivity contribution in [2.45, 2.75) is 65.5 Å². The third kappa shape index (κ3) is 7.08. The summed E-state index contributed by atoms with van der Waals surface area (Å²) in [6.45, 7) is 13.9. The van der Waals surface area contributed by atoms with Crippen molar-refractivity contribution in [3.05, 3.63) is 235 Å². The van der Waals surface area contributed by atoms with E-state index in [2.05, 4.69) is 236 Å². The Bertz CT molecular complexity index is 4490. The van der Waals surface area contributed by atoms with E-state index < -0.39 is 11.7 Å². The summed E-state index contributed by atoms with van der Waals surface area (Å²) >= 11 is 0. The molecule has 3 aromatic heterocycles. The fourth-order valence-corrected chi connectivity index (χ4v) is 13.2. The normalized spacial score (nSPS) is 13.0. The number of nitrogens with zero attached hydrogens (tertiary/aromatic N) is 4. The van der Waals surface area contributed by atoms with Crippen LogP contribution in [0.3, 0.4) is 0 Å². The van der Waals surface area contributed by atoms with E-state index in [4.69, 9.17) is 0 Å². The highest BCUT2D eigenvalue weighted by atomic mass is 19.4. The van der Waals surface area contributed by atoms with E-state index in [1.807, 2.05) is 12.1 Å². The van der Waals surface area contributed by atoms with Crippen molar-refractivity contribution in [1.29, 1.82) is 0 Å². The first-order valence-electron chi connectivity index (χ1n) is 27.3. The summed E-state index contributed by atoms with van der Waals surface area (Å²) in [4.78, 5) is 2.46. The highest BCUT2D eigenvalue weighted by Crippen LogP contribution is 2.51. The summed E-state index contributed by atoms with van der Waals surface area (Å²) < 4.78 is 50.0. The second kappa shape index (κ2) is 17.9. The molecule has 0 unspecified atom stereocenters. The van der Waals surface area contributed by atoms with Gasteiger partial charge in [0.15, 0.2) is 0 Å². The Morgan fingerprint density at radius 1 is 0.372 bits per heavy atom. The molecule has 0 N–H and O–H groups in total. The molecular formula is C70H56BF3N4. The Labute approximate surface area is 452 Å². The molecule has 0 atom stereocenters. The molecule has 0 aliphatic carbocycles. The van der Waals surface area contributed by atoms with Crippen LogP contribution >= 0.6 is 0 Å². The van der Waals surface area contributed by atoms with Gasteiger partial charge in [0.25, 0.3) is 0 Å². The topological polar surface area (TPSA) is 18.0 Å². The zero-order valence-corrected chi connectivity index (χ0v) is 44.4. The fourth-order valence-electron chi connectivity index (χ4n) is 13.2. The summed E-state index contributed by atoms with van der Waals surface area (Å²) in [6, 6.07) is 73.8. The number of hydrogen-bond acceptors (Lipinski definition) is 1. The number of halogens is 3. The van der Waals surface area contributed by atoms with Crippen LogP contribution in [-0.2, 0) is 6.18 Å². The summed E-state index contributed by atoms with van der Waals surface area (Å²) in [6.07, 6.45) is -4.48. The minimum Gasteiger partial charge on any atom is -0.311 e. The van der Waals surface area contributed by atoms with E-state index in [0.717, 1.165) is 93.9 Å². The predicted octanol–water partition coefficient (Wildman–Crippen LogP) is 17.7. The number of rotatable bonds is 8. The number of benzene rings is 10. The van der Waals surface area contributed by atoms with E-state index in [1.54, 1.807) is 12.1 Å². The molecule has 0 fully saturated rings. The van der Waals surface area contributed by atoms with Gasteiger partial charge in [0.1, 0.15) is 0 Å². The Hall–Kier alpha value is -8.75. The fraction of sp³-hybridized carbons (Fsp3) is 0.143. The lowest BCUT2D eigenvalue weighted by molar-refractivity contribution is -0.137. The van der Waals surface area contributed by atoms with Crippen LogP contribution < -0.4 is 21.3 Å². The molecule has 10 aromatic carbocycles. The van der Waals surface area contributed by atoms with Gasteiger partial charge in [-0.25, -0.2) is 0 Å². The van der Waals surface area contributed by atoms with E-state index in [-0.39, 0.29) is 18.5 Å². The van der Waals surface area contributed by atoms with Gasteiger partial charge in [-0.1, -0.05) is 174 Å². The number of fused-ring (bicyclic) bond motifs is 14. The molecule has 0 spiro atoms. The SMILES string of the molecule is CC(C)c1cc(C(C)C)c(B2c3ccccc3N(c3ccccc3)c3cc(-n4c5ccccc5c5c6c(c7ccccc7n6-c6ccc(C(F)(F)F)cc6)c6c(c7ccccc7n6-c6ccccc6)c54)ccc32)c(C(C)C)c1. The monoisotopic (exact) mass is 1020 g/mol. The van der Waals surface area contributed by atoms with Crippen LogP contribution in [0, 0.1) is 0 Å². The molecule has 4 heterocycles. The maximum atomic E-state index is 14.3. The molecule has 13 aromatic rings. The lowest BCUT2D eigenvalue weighted by Gasteiger charge is -2.39. The van der Waals surface area contributed by atoms with Crippen LogP contribution in [0.25, 0.3) is 82.5 Å². The molecule has 1 aliphatic heterocycles. The Morgan fingerprint density at radius 2 is 0.782 bits per heavy atom. The van der Waals surface area contributed by atoms with Crippen molar-refractivity contribution in [3.8, 4) is 17.1 Å². The Balaban J connectivity index is 1.17. The van der Waals surface area contributed by atoms with Gasteiger partial charge in [-0.15, -0.1) is 0 Å². The number of anilines is 3. The van der Waals surface area contributed by atoms with Crippen molar-refractivity contribution in [3.63, 3.8) is 0 Å². The number of para-hydroxylation sites is 6. The molecule has 0 amide bonds. The van der Waals surface area contributed by atoms with Gasteiger partial charge in [0, 0.05) is 66.4 Å². The molecule has 0 bridgehead atoms. The summed E-state index contributed by atoms with van der Waals surface area (Å²) in [5.41, 5.74) is 19.3. The largest absolute Gasteiger partial charge is 0.416 e. The maximum absolute atomic E-state index is 14.3. The molecule has 1 aliphatic rings. The second-order valence-electron chi connectivity index (χ2n) is 22.1. The minimum atomic E-state index is -4.48. The first kappa shape index (κ1) is 47.7. The Kier molecular flexibility index (Phi) is 11.0. The molecule has 4 nitrogen and oxygen atoms in total. The number of hydrogen-bond donors (Lipinski definition) is 0. The Morgan fingerprint density at radius 3 is 1.27 bits per heavy atom. The smallest absolute Gasteiger partial charge is 0.311 e. The van der Waals surface area contributed by atoms with Crippen molar-refractivity contribution >= 4 is 106 Å². The average molecular weight is 1020 g/mol. The quantitative estimate of drug-likeness (QED) is 0.139. The van der Waals surface area contributed by atoms with E-state index in [1.165, 1.54) is 45.2 Å². The lowest BCUT2D eigenvalue weighted by atomic mass is 9.33. The molecule has 14 rings (SSSR count). The average Bonchev–Trinajstić information content (AvgIpc) is 3.03. The van der Waals surface area contributed by atoms with Crippen LogP contribution in [0.1, 0.15) is 81.5 Å². The third-order valence-electron chi connectivity index (χ3n) is 16.6. The van der Waals surface area contributed by atoms with E-state index >= 15 is 0 Å². The predicted molar refractivity (Wildman–Crippen MR) is 323 cm³/mol. The first-order valence-corrected chi connectivity index (χ1v) is 27.3. The van der Waals surface area contributed by atoms with E-state index in [9.17, 15) is 13.2 Å². The van der Waals surface area contributed by atoms with E-state index in [0.29, 0.717) is 11.6 Å². The van der Waals surface area contributed by atoms with Gasteiger partial charge in [-0.2, -0.15) is 13.2 Å². The first-order chi connectivity index (χ1) is 37.9. The standard InChI is InChI=1S/C70H56BF3N4/c1-42(2)45-39-54(43(3)4)66(55(40-45)44(5)6)71-56-28-16-20-32-61(56)75(47-21-9-7-10-22-47)62-41-50(37-38-57(62)71)78-60-31-19-15-27-53(60)65-68-63(52-26-14-18-30-59(52)77(68)49-35-33-46(34-36-49)70(72,73)74)67-64(69(65)78)51-25-13-17-29-58(51)76(67)48-23-11-8-12-24-48/h7-44H,1-6H3. The minimum absolute atomic E-state index is 0.0611. The summed E-state index contributed by atoms with van der Waals surface area (Å²) in [5.74, 6) is 0.950. The van der Waals surface area contributed by atoms with Crippen LogP contribution in [-0.4, -0.2) is 20.4 Å².